The molecule has 0 radical (unpaired) electrons. The van der Waals surface area contributed by atoms with E-state index >= 15 is 0 Å². The normalized spacial score (nSPS) is 20.1. The molecule has 1 atom stereocenters. The number of pyridine rings is 1. The maximum absolute atomic E-state index is 12.7. The standard InChI is InChI=1S/C20H28N6O2/c1-23(2)11-12-26-20-16(5-3-8-21-20)19(22-26)15-7-10-25(13-15)18(28)14-24-9-4-6-17(24)27/h3,5,8,15H,4,6-7,9-14H2,1-2H3/t15-/m1/s1. The molecule has 0 saturated carbocycles. The van der Waals surface area contributed by atoms with Gasteiger partial charge in [0.15, 0.2) is 5.65 Å². The van der Waals surface area contributed by atoms with Gasteiger partial charge in [0.05, 0.1) is 18.8 Å². The highest BCUT2D eigenvalue weighted by molar-refractivity contribution is 5.86. The van der Waals surface area contributed by atoms with E-state index in [4.69, 9.17) is 5.10 Å². The quantitative estimate of drug-likeness (QED) is 0.741. The molecule has 0 bridgehead atoms. The monoisotopic (exact) mass is 384 g/mol. The molecule has 8 heteroatoms. The van der Waals surface area contributed by atoms with E-state index in [1.165, 1.54) is 0 Å². The molecule has 150 valence electrons. The second-order valence-electron chi connectivity index (χ2n) is 8.03. The number of rotatable bonds is 6. The molecule has 8 nitrogen and oxygen atoms in total. The minimum Gasteiger partial charge on any atom is -0.340 e. The lowest BCUT2D eigenvalue weighted by molar-refractivity contribution is -0.137. The van der Waals surface area contributed by atoms with Gasteiger partial charge < -0.3 is 14.7 Å². The first-order valence-corrected chi connectivity index (χ1v) is 10.0. The van der Waals surface area contributed by atoms with Crippen molar-refractivity contribution in [2.75, 3.05) is 46.8 Å². The molecule has 2 aliphatic rings. The van der Waals surface area contributed by atoms with Gasteiger partial charge in [-0.1, -0.05) is 0 Å². The fourth-order valence-electron chi connectivity index (χ4n) is 4.13. The summed E-state index contributed by atoms with van der Waals surface area (Å²) >= 11 is 0. The van der Waals surface area contributed by atoms with Crippen molar-refractivity contribution in [3.05, 3.63) is 24.0 Å². The molecule has 2 aliphatic heterocycles. The largest absolute Gasteiger partial charge is 0.340 e. The average Bonchev–Trinajstić information content (AvgIpc) is 3.39. The number of likely N-dealkylation sites (tertiary alicyclic amines) is 2. The second-order valence-corrected chi connectivity index (χ2v) is 8.03. The molecule has 0 spiro atoms. The summed E-state index contributed by atoms with van der Waals surface area (Å²) < 4.78 is 1.98. The zero-order chi connectivity index (χ0) is 19.7. The van der Waals surface area contributed by atoms with Crippen LogP contribution in [0.4, 0.5) is 0 Å². The highest BCUT2D eigenvalue weighted by Gasteiger charge is 2.32. The third kappa shape index (κ3) is 3.73. The number of amides is 2. The lowest BCUT2D eigenvalue weighted by atomic mass is 10.0. The van der Waals surface area contributed by atoms with E-state index in [0.29, 0.717) is 19.5 Å². The molecule has 2 aromatic heterocycles. The molecule has 4 heterocycles. The van der Waals surface area contributed by atoms with Gasteiger partial charge in [0.2, 0.25) is 11.8 Å². The van der Waals surface area contributed by atoms with Gasteiger partial charge in [-0.05, 0) is 39.1 Å². The lowest BCUT2D eigenvalue weighted by Gasteiger charge is -2.21. The maximum atomic E-state index is 12.7. The van der Waals surface area contributed by atoms with Crippen molar-refractivity contribution >= 4 is 22.8 Å². The summed E-state index contributed by atoms with van der Waals surface area (Å²) in [6, 6.07) is 4.02. The summed E-state index contributed by atoms with van der Waals surface area (Å²) in [5, 5.41) is 5.96. The van der Waals surface area contributed by atoms with E-state index in [1.807, 2.05) is 29.7 Å². The minimum atomic E-state index is 0.0484. The van der Waals surface area contributed by atoms with Crippen molar-refractivity contribution < 1.29 is 9.59 Å². The number of hydrogen-bond acceptors (Lipinski definition) is 5. The number of fused-ring (bicyclic) bond motifs is 1. The molecule has 0 N–H and O–H groups in total. The number of carbonyl (C=O) groups excluding carboxylic acids is 2. The summed E-state index contributed by atoms with van der Waals surface area (Å²) in [7, 11) is 4.09. The Morgan fingerprint density at radius 1 is 1.32 bits per heavy atom. The Hall–Kier alpha value is -2.48. The van der Waals surface area contributed by atoms with E-state index in [0.717, 1.165) is 49.2 Å². The Morgan fingerprint density at radius 3 is 2.93 bits per heavy atom. The van der Waals surface area contributed by atoms with Gasteiger partial charge in [-0.2, -0.15) is 5.10 Å². The number of hydrogen-bond donors (Lipinski definition) is 0. The van der Waals surface area contributed by atoms with E-state index in [2.05, 4.69) is 16.0 Å². The number of carbonyl (C=O) groups is 2. The first-order valence-electron chi connectivity index (χ1n) is 10.0. The van der Waals surface area contributed by atoms with Crippen LogP contribution in [-0.4, -0.2) is 88.1 Å². The summed E-state index contributed by atoms with van der Waals surface area (Å²) in [6.07, 6.45) is 4.13. The van der Waals surface area contributed by atoms with Crippen LogP contribution in [0.5, 0.6) is 0 Å². The van der Waals surface area contributed by atoms with Gasteiger partial charge in [-0.3, -0.25) is 9.59 Å². The first-order chi connectivity index (χ1) is 13.5. The third-order valence-electron chi connectivity index (χ3n) is 5.72. The molecule has 2 aromatic rings. The minimum absolute atomic E-state index is 0.0484. The Labute approximate surface area is 165 Å². The number of aromatic nitrogens is 3. The highest BCUT2D eigenvalue weighted by atomic mass is 16.2. The average molecular weight is 384 g/mol. The van der Waals surface area contributed by atoms with Gasteiger partial charge in [0, 0.05) is 50.1 Å². The van der Waals surface area contributed by atoms with E-state index in [9.17, 15) is 9.59 Å². The summed E-state index contributed by atoms with van der Waals surface area (Å²) in [4.78, 5) is 34.7. The van der Waals surface area contributed by atoms with Gasteiger partial charge >= 0.3 is 0 Å². The topological polar surface area (TPSA) is 74.6 Å². The van der Waals surface area contributed by atoms with Crippen LogP contribution in [0.2, 0.25) is 0 Å². The van der Waals surface area contributed by atoms with Gasteiger partial charge in [-0.15, -0.1) is 0 Å². The molecule has 0 aromatic carbocycles. The fourth-order valence-corrected chi connectivity index (χ4v) is 4.13. The SMILES string of the molecule is CN(C)CCn1nc([C@@H]2CCN(C(=O)CN3CCCC3=O)C2)c2cccnc21. The van der Waals surface area contributed by atoms with Crippen molar-refractivity contribution in [3.8, 4) is 0 Å². The van der Waals surface area contributed by atoms with Crippen LogP contribution in [0.25, 0.3) is 11.0 Å². The molecule has 2 saturated heterocycles. The van der Waals surface area contributed by atoms with E-state index in [1.54, 1.807) is 11.1 Å². The predicted octanol–water partition coefficient (Wildman–Crippen LogP) is 0.931. The molecule has 4 rings (SSSR count). The highest BCUT2D eigenvalue weighted by Crippen LogP contribution is 2.31. The Balaban J connectivity index is 1.48. The first kappa shape index (κ1) is 18.9. The van der Waals surface area contributed by atoms with E-state index in [-0.39, 0.29) is 24.3 Å². The van der Waals surface area contributed by atoms with Gasteiger partial charge in [-0.25, -0.2) is 9.67 Å². The Bertz CT molecular complexity index is 877. The molecule has 2 fully saturated rings. The van der Waals surface area contributed by atoms with Crippen molar-refractivity contribution in [1.29, 1.82) is 0 Å². The Kier molecular flexibility index (Phi) is 5.30. The molecule has 28 heavy (non-hydrogen) atoms. The number of nitrogens with zero attached hydrogens (tertiary/aromatic N) is 6. The molecule has 0 aliphatic carbocycles. The smallest absolute Gasteiger partial charge is 0.242 e. The van der Waals surface area contributed by atoms with Crippen LogP contribution < -0.4 is 0 Å². The van der Waals surface area contributed by atoms with Crippen LogP contribution >= 0.6 is 0 Å². The van der Waals surface area contributed by atoms with Crippen LogP contribution in [0.3, 0.4) is 0 Å². The van der Waals surface area contributed by atoms with E-state index < -0.39 is 0 Å². The van der Waals surface area contributed by atoms with Crippen LogP contribution in [0.1, 0.15) is 30.9 Å². The predicted molar refractivity (Wildman–Crippen MR) is 106 cm³/mol. The molecule has 0 unspecified atom stereocenters. The fraction of sp³-hybridized carbons (Fsp3) is 0.600. The Morgan fingerprint density at radius 2 is 2.18 bits per heavy atom. The zero-order valence-electron chi connectivity index (χ0n) is 16.7. The zero-order valence-corrected chi connectivity index (χ0v) is 16.7. The van der Waals surface area contributed by atoms with Crippen molar-refractivity contribution in [3.63, 3.8) is 0 Å². The second kappa shape index (κ2) is 7.87. The summed E-state index contributed by atoms with van der Waals surface area (Å²) in [6.45, 7) is 3.98. The summed E-state index contributed by atoms with van der Waals surface area (Å²) in [5.41, 5.74) is 1.95. The van der Waals surface area contributed by atoms with Gasteiger partial charge in [0.25, 0.3) is 0 Å². The van der Waals surface area contributed by atoms with Crippen molar-refractivity contribution in [2.45, 2.75) is 31.7 Å². The third-order valence-corrected chi connectivity index (χ3v) is 5.72. The van der Waals surface area contributed by atoms with Gasteiger partial charge in [0.1, 0.15) is 0 Å². The van der Waals surface area contributed by atoms with Crippen molar-refractivity contribution in [2.24, 2.45) is 0 Å². The molecular weight excluding hydrogens is 356 g/mol. The maximum Gasteiger partial charge on any atom is 0.242 e. The molecule has 2 amide bonds. The summed E-state index contributed by atoms with van der Waals surface area (Å²) in [5.74, 6) is 0.360. The lowest BCUT2D eigenvalue weighted by Crippen LogP contribution is -2.39. The van der Waals surface area contributed by atoms with Crippen LogP contribution in [0.15, 0.2) is 18.3 Å². The molecular formula is C20H28N6O2. The van der Waals surface area contributed by atoms with Crippen LogP contribution in [0, 0.1) is 0 Å². The number of likely N-dealkylation sites (N-methyl/N-ethyl adjacent to an activating group) is 1. The van der Waals surface area contributed by atoms with Crippen molar-refractivity contribution in [1.82, 2.24) is 29.5 Å². The van der Waals surface area contributed by atoms with Crippen LogP contribution in [-0.2, 0) is 16.1 Å².